The number of benzene rings is 1. The molecular weight excluding hydrogens is 267 g/mol. The first-order valence-corrected chi connectivity index (χ1v) is 6.54. The smallest absolute Gasteiger partial charge is 0.810 e. The van der Waals surface area contributed by atoms with E-state index in [2.05, 4.69) is 0 Å². The third-order valence-corrected chi connectivity index (χ3v) is 4.05. The molecule has 0 saturated carbocycles. The zero-order valence-electron chi connectivity index (χ0n) is 10.2. The minimum Gasteiger partial charge on any atom is -0.810 e. The molecule has 0 aliphatic rings. The third-order valence-electron chi connectivity index (χ3n) is 2.35. The Morgan fingerprint density at radius 1 is 1.18 bits per heavy atom. The Labute approximate surface area is 131 Å². The molecule has 0 radical (unpaired) electrons. The van der Waals surface area contributed by atoms with Crippen molar-refractivity contribution in [3.05, 3.63) is 29.8 Å². The average Bonchev–Trinajstić information content (AvgIpc) is 2.03. The molecule has 6 heteroatoms. The number of phenolic OH excluding ortho intramolecular Hbond substituents is 1. The summed E-state index contributed by atoms with van der Waals surface area (Å²) in [5, 5.41) is 9.12. The summed E-state index contributed by atoms with van der Waals surface area (Å²) in [6.45, 7) is 5.10. The molecule has 0 spiro atoms. The van der Waals surface area contributed by atoms with Crippen LogP contribution in [0.1, 0.15) is 32.0 Å². The fourth-order valence-electron chi connectivity index (χ4n) is 1.81. The van der Waals surface area contributed by atoms with Crippen LogP contribution in [-0.4, -0.2) is 42.8 Å². The van der Waals surface area contributed by atoms with Gasteiger partial charge < -0.3 is 19.5 Å². The minimum atomic E-state index is -4.72. The zero-order chi connectivity index (χ0) is 12.6. The van der Waals surface area contributed by atoms with Gasteiger partial charge >= 0.3 is 37.7 Å². The van der Waals surface area contributed by atoms with E-state index in [-0.39, 0.29) is 43.5 Å². The summed E-state index contributed by atoms with van der Waals surface area (Å²) in [4.78, 5) is 22.5. The maximum atomic E-state index is 11.3. The van der Waals surface area contributed by atoms with Crippen molar-refractivity contribution in [2.45, 2.75) is 26.4 Å². The fourth-order valence-corrected chi connectivity index (χ4v) is 3.30. The predicted octanol–water partition coefficient (Wildman–Crippen LogP) is 1.01. The number of aromatic hydroxyl groups is 1. The molecule has 1 rings (SSSR count). The summed E-state index contributed by atoms with van der Waals surface area (Å²) in [5.41, 5.74) is -1.34. The number of phenols is 1. The van der Waals surface area contributed by atoms with E-state index in [0.717, 1.165) is 0 Å². The van der Waals surface area contributed by atoms with E-state index in [1.807, 2.05) is 0 Å². The van der Waals surface area contributed by atoms with Crippen molar-refractivity contribution in [2.75, 3.05) is 0 Å². The van der Waals surface area contributed by atoms with Crippen LogP contribution in [0, 0.1) is 5.41 Å². The van der Waals surface area contributed by atoms with Gasteiger partial charge in [0, 0.05) is 5.66 Å². The van der Waals surface area contributed by atoms with Crippen molar-refractivity contribution in [1.82, 2.24) is 0 Å². The minimum absolute atomic E-state index is 0. The van der Waals surface area contributed by atoms with Gasteiger partial charge in [0.05, 0.1) is 0 Å². The Kier molecular flexibility index (Phi) is 6.20. The Morgan fingerprint density at radius 3 is 1.88 bits per heavy atom. The molecule has 4 nitrogen and oxygen atoms in total. The molecule has 1 atom stereocenters. The van der Waals surface area contributed by atoms with Crippen LogP contribution in [0.25, 0.3) is 0 Å². The van der Waals surface area contributed by atoms with Gasteiger partial charge in [0.15, 0.2) is 0 Å². The molecule has 0 aliphatic heterocycles. The summed E-state index contributed by atoms with van der Waals surface area (Å²) < 4.78 is 11.3. The van der Waals surface area contributed by atoms with Gasteiger partial charge in [0.2, 0.25) is 0 Å². The molecule has 1 aromatic rings. The van der Waals surface area contributed by atoms with Gasteiger partial charge in [-0.1, -0.05) is 40.5 Å². The van der Waals surface area contributed by atoms with Gasteiger partial charge in [-0.15, -0.1) is 0 Å². The maximum absolute atomic E-state index is 11.3. The van der Waals surface area contributed by atoms with Crippen LogP contribution in [0.15, 0.2) is 24.3 Å². The van der Waals surface area contributed by atoms with Gasteiger partial charge in [0.1, 0.15) is 5.75 Å². The molecule has 0 bridgehead atoms. The number of hydrogen-bond donors (Lipinski definition) is 1. The van der Waals surface area contributed by atoms with Gasteiger partial charge in [-0.2, -0.15) is 0 Å². The number of hydrogen-bond acceptors (Lipinski definition) is 4. The number of rotatable bonds is 2. The molecule has 0 heterocycles. The largest absolute Gasteiger partial charge is 2.00 e. The van der Waals surface area contributed by atoms with E-state index < -0.39 is 18.7 Å². The SMILES string of the molecule is CC(C)(C)C(c1ccc(O)cc1)P(=O)([O-])[O-].[Ca+2]. The van der Waals surface area contributed by atoms with E-state index in [4.69, 9.17) is 5.11 Å². The van der Waals surface area contributed by atoms with Crippen molar-refractivity contribution >= 4 is 45.3 Å². The van der Waals surface area contributed by atoms with Crippen molar-refractivity contribution in [3.8, 4) is 5.75 Å². The molecule has 17 heavy (non-hydrogen) atoms. The predicted molar refractivity (Wildman–Crippen MR) is 63.7 cm³/mol. The summed E-state index contributed by atoms with van der Waals surface area (Å²) in [5.74, 6) is 0.0445. The Morgan fingerprint density at radius 2 is 1.59 bits per heavy atom. The molecule has 1 unspecified atom stereocenters. The Hall–Kier alpha value is 0.430. The Bertz CT molecular complexity index is 404. The van der Waals surface area contributed by atoms with Crippen molar-refractivity contribution in [2.24, 2.45) is 5.41 Å². The fraction of sp³-hybridized carbons (Fsp3) is 0.455. The molecule has 1 aromatic carbocycles. The van der Waals surface area contributed by atoms with Crippen LogP contribution in [0.4, 0.5) is 0 Å². The topological polar surface area (TPSA) is 83.4 Å². The zero-order valence-corrected chi connectivity index (χ0v) is 13.3. The molecule has 0 amide bonds. The third kappa shape index (κ3) is 4.90. The standard InChI is InChI=1S/C11H17O4P.Ca/c1-11(2,3)10(16(13,14)15)8-4-6-9(12)7-5-8;/h4-7,10,12H,1-3H3,(H2,13,14,15);/q;+2/p-2. The van der Waals surface area contributed by atoms with E-state index in [0.29, 0.717) is 5.56 Å². The average molecular weight is 282 g/mol. The van der Waals surface area contributed by atoms with Crippen molar-refractivity contribution in [3.63, 3.8) is 0 Å². The van der Waals surface area contributed by atoms with Crippen molar-refractivity contribution < 1.29 is 19.5 Å². The van der Waals surface area contributed by atoms with E-state index >= 15 is 0 Å². The van der Waals surface area contributed by atoms with Gasteiger partial charge in [-0.25, -0.2) is 0 Å². The first-order chi connectivity index (χ1) is 7.12. The van der Waals surface area contributed by atoms with E-state index in [9.17, 15) is 14.4 Å². The van der Waals surface area contributed by atoms with Crippen LogP contribution in [0.2, 0.25) is 0 Å². The second-order valence-electron chi connectivity index (χ2n) is 4.90. The van der Waals surface area contributed by atoms with Gasteiger partial charge in [-0.3, -0.25) is 0 Å². The molecule has 0 aromatic heterocycles. The summed E-state index contributed by atoms with van der Waals surface area (Å²) in [7, 11) is -4.72. The van der Waals surface area contributed by atoms with Crippen LogP contribution in [-0.2, 0) is 4.57 Å². The van der Waals surface area contributed by atoms with Crippen LogP contribution < -0.4 is 9.79 Å². The first-order valence-electron chi connectivity index (χ1n) is 4.93. The quantitative estimate of drug-likeness (QED) is 0.648. The van der Waals surface area contributed by atoms with E-state index in [1.54, 1.807) is 20.8 Å². The molecular formula is C11H15CaO4P. The summed E-state index contributed by atoms with van der Waals surface area (Å²) in [6.07, 6.45) is 0. The van der Waals surface area contributed by atoms with Crippen LogP contribution >= 0.6 is 7.60 Å². The molecule has 0 fully saturated rings. The normalized spacial score (nSPS) is 13.9. The molecule has 0 saturated heterocycles. The van der Waals surface area contributed by atoms with Gasteiger partial charge in [-0.05, 0) is 23.1 Å². The molecule has 0 aliphatic carbocycles. The second-order valence-corrected chi connectivity index (χ2v) is 6.50. The van der Waals surface area contributed by atoms with Crippen LogP contribution in [0.3, 0.4) is 0 Å². The maximum Gasteiger partial charge on any atom is 2.00 e. The van der Waals surface area contributed by atoms with Crippen molar-refractivity contribution in [1.29, 1.82) is 0 Å². The summed E-state index contributed by atoms with van der Waals surface area (Å²) in [6, 6.07) is 5.69. The van der Waals surface area contributed by atoms with E-state index in [1.165, 1.54) is 24.3 Å². The van der Waals surface area contributed by atoms with Gasteiger partial charge in [0.25, 0.3) is 0 Å². The van der Waals surface area contributed by atoms with Crippen LogP contribution in [0.5, 0.6) is 5.75 Å². The first kappa shape index (κ1) is 17.4. The molecule has 90 valence electrons. The molecule has 1 N–H and O–H groups in total. The monoisotopic (exact) mass is 282 g/mol. The summed E-state index contributed by atoms with van der Waals surface area (Å²) >= 11 is 0. The Balaban J connectivity index is 0.00000256. The second kappa shape index (κ2) is 6.05.